The normalized spacial score (nSPS) is 13.2. The van der Waals surface area contributed by atoms with E-state index in [2.05, 4.69) is 10.0 Å². The number of anilines is 1. The Kier molecular flexibility index (Phi) is 6.98. The number of aliphatic hydroxyl groups excluding tert-OH is 1. The zero-order chi connectivity index (χ0) is 15.0. The molecule has 0 bridgehead atoms. The number of benzene rings is 1. The van der Waals surface area contributed by atoms with Crippen LogP contribution < -0.4 is 10.0 Å². The highest BCUT2D eigenvalue weighted by Gasteiger charge is 2.12. The highest BCUT2D eigenvalue weighted by Crippen LogP contribution is 2.14. The van der Waals surface area contributed by atoms with Gasteiger partial charge in [0.15, 0.2) is 0 Å². The maximum atomic E-state index is 11.9. The van der Waals surface area contributed by atoms with Gasteiger partial charge in [-0.3, -0.25) is 0 Å². The maximum Gasteiger partial charge on any atom is 0.240 e. The molecule has 1 atom stereocenters. The third-order valence-electron chi connectivity index (χ3n) is 2.83. The van der Waals surface area contributed by atoms with E-state index < -0.39 is 10.0 Å². The molecule has 0 spiro atoms. The van der Waals surface area contributed by atoms with E-state index >= 15 is 0 Å². The molecular formula is C14H24N2O3S. The van der Waals surface area contributed by atoms with Gasteiger partial charge in [-0.1, -0.05) is 6.92 Å². The van der Waals surface area contributed by atoms with Crippen LogP contribution >= 0.6 is 0 Å². The second-order valence-electron chi connectivity index (χ2n) is 4.84. The Hall–Kier alpha value is -1.11. The molecule has 114 valence electrons. The van der Waals surface area contributed by atoms with Gasteiger partial charge < -0.3 is 10.4 Å². The molecule has 1 unspecified atom stereocenters. The summed E-state index contributed by atoms with van der Waals surface area (Å²) in [6, 6.07) is 6.69. The molecule has 20 heavy (non-hydrogen) atoms. The highest BCUT2D eigenvalue weighted by atomic mass is 32.2. The van der Waals surface area contributed by atoms with E-state index in [1.165, 1.54) is 0 Å². The molecule has 5 nitrogen and oxygen atoms in total. The van der Waals surface area contributed by atoms with Gasteiger partial charge in [0.1, 0.15) is 0 Å². The quantitative estimate of drug-likeness (QED) is 0.609. The fraction of sp³-hybridized carbons (Fsp3) is 0.571. The third kappa shape index (κ3) is 5.90. The number of aliphatic hydroxyl groups is 1. The zero-order valence-corrected chi connectivity index (χ0v) is 12.9. The number of nitrogens with one attached hydrogen (secondary N) is 2. The third-order valence-corrected chi connectivity index (χ3v) is 4.31. The maximum absolute atomic E-state index is 11.9. The van der Waals surface area contributed by atoms with Crippen LogP contribution in [0, 0.1) is 0 Å². The molecule has 0 fully saturated rings. The van der Waals surface area contributed by atoms with E-state index in [9.17, 15) is 8.42 Å². The lowest BCUT2D eigenvalue weighted by molar-refractivity contribution is 0.183. The van der Waals surface area contributed by atoms with E-state index in [1.807, 2.05) is 6.92 Å². The summed E-state index contributed by atoms with van der Waals surface area (Å²) < 4.78 is 26.3. The summed E-state index contributed by atoms with van der Waals surface area (Å²) in [6.07, 6.45) is 2.10. The molecule has 1 rings (SSSR count). The Morgan fingerprint density at radius 2 is 1.85 bits per heavy atom. The van der Waals surface area contributed by atoms with Crippen LogP contribution in [-0.4, -0.2) is 32.7 Å². The molecule has 0 aromatic heterocycles. The standard InChI is InChI=1S/C14H24N2O3S/c1-3-10-16-20(18,19)14-8-6-13(7-9-14)15-11-4-5-12(2)17/h6-9,12,15-17H,3-5,10-11H2,1-2H3. The Balaban J connectivity index is 2.52. The largest absolute Gasteiger partial charge is 0.393 e. The predicted molar refractivity (Wildman–Crippen MR) is 81.3 cm³/mol. The van der Waals surface area contributed by atoms with Gasteiger partial charge >= 0.3 is 0 Å². The first kappa shape index (κ1) is 16.9. The summed E-state index contributed by atoms with van der Waals surface area (Å²) >= 11 is 0. The topological polar surface area (TPSA) is 78.4 Å². The Bertz CT molecular complexity index is 484. The first-order valence-corrected chi connectivity index (χ1v) is 8.45. The molecule has 1 aromatic carbocycles. The monoisotopic (exact) mass is 300 g/mol. The molecule has 0 saturated heterocycles. The summed E-state index contributed by atoms with van der Waals surface area (Å²) in [5.74, 6) is 0. The lowest BCUT2D eigenvalue weighted by Gasteiger charge is -2.09. The average Bonchev–Trinajstić information content (AvgIpc) is 2.42. The number of hydrogen-bond acceptors (Lipinski definition) is 4. The second kappa shape index (κ2) is 8.24. The van der Waals surface area contributed by atoms with Crippen molar-refractivity contribution in [1.82, 2.24) is 4.72 Å². The number of rotatable bonds is 9. The summed E-state index contributed by atoms with van der Waals surface area (Å²) in [5, 5.41) is 12.3. The summed E-state index contributed by atoms with van der Waals surface area (Å²) in [6.45, 7) is 4.89. The van der Waals surface area contributed by atoms with Gasteiger partial charge in [-0.2, -0.15) is 0 Å². The van der Waals surface area contributed by atoms with Gasteiger partial charge in [0.2, 0.25) is 10.0 Å². The fourth-order valence-electron chi connectivity index (χ4n) is 1.70. The van der Waals surface area contributed by atoms with Gasteiger partial charge in [0.25, 0.3) is 0 Å². The van der Waals surface area contributed by atoms with Crippen LogP contribution in [-0.2, 0) is 10.0 Å². The summed E-state index contributed by atoms with van der Waals surface area (Å²) in [7, 11) is -3.39. The fourth-order valence-corrected chi connectivity index (χ4v) is 2.84. The molecule has 0 aliphatic heterocycles. The second-order valence-corrected chi connectivity index (χ2v) is 6.61. The van der Waals surface area contributed by atoms with Crippen LogP contribution in [0.2, 0.25) is 0 Å². The molecule has 0 radical (unpaired) electrons. The average molecular weight is 300 g/mol. The SMILES string of the molecule is CCCNS(=O)(=O)c1ccc(NCCCC(C)O)cc1. The lowest BCUT2D eigenvalue weighted by Crippen LogP contribution is -2.24. The molecule has 0 aliphatic rings. The molecular weight excluding hydrogens is 276 g/mol. The molecule has 0 saturated carbocycles. The van der Waals surface area contributed by atoms with Crippen molar-refractivity contribution in [3.63, 3.8) is 0 Å². The van der Waals surface area contributed by atoms with Crippen molar-refractivity contribution >= 4 is 15.7 Å². The van der Waals surface area contributed by atoms with Crippen molar-refractivity contribution in [1.29, 1.82) is 0 Å². The first-order chi connectivity index (χ1) is 9.45. The molecule has 0 heterocycles. The molecule has 3 N–H and O–H groups in total. The Morgan fingerprint density at radius 1 is 1.20 bits per heavy atom. The van der Waals surface area contributed by atoms with E-state index in [0.29, 0.717) is 6.54 Å². The van der Waals surface area contributed by atoms with Crippen molar-refractivity contribution in [2.75, 3.05) is 18.4 Å². The highest BCUT2D eigenvalue weighted by molar-refractivity contribution is 7.89. The van der Waals surface area contributed by atoms with Crippen molar-refractivity contribution in [2.24, 2.45) is 0 Å². The van der Waals surface area contributed by atoms with E-state index in [1.54, 1.807) is 31.2 Å². The molecule has 0 amide bonds. The van der Waals surface area contributed by atoms with E-state index in [4.69, 9.17) is 5.11 Å². The van der Waals surface area contributed by atoms with Crippen LogP contribution in [0.15, 0.2) is 29.2 Å². The van der Waals surface area contributed by atoms with Crippen LogP contribution in [0.4, 0.5) is 5.69 Å². The van der Waals surface area contributed by atoms with Crippen LogP contribution in [0.1, 0.15) is 33.1 Å². The van der Waals surface area contributed by atoms with Gasteiger partial charge in [-0.15, -0.1) is 0 Å². The number of hydrogen-bond donors (Lipinski definition) is 3. The minimum atomic E-state index is -3.39. The van der Waals surface area contributed by atoms with E-state index in [-0.39, 0.29) is 11.0 Å². The molecule has 1 aromatic rings. The van der Waals surface area contributed by atoms with Crippen molar-refractivity contribution in [2.45, 2.75) is 44.1 Å². The predicted octanol–water partition coefficient (Wildman–Crippen LogP) is 1.95. The van der Waals surface area contributed by atoms with Gasteiger partial charge in [0.05, 0.1) is 11.0 Å². The smallest absolute Gasteiger partial charge is 0.240 e. The Labute approximate surface area is 121 Å². The van der Waals surface area contributed by atoms with Crippen molar-refractivity contribution in [3.8, 4) is 0 Å². The lowest BCUT2D eigenvalue weighted by atomic mass is 10.2. The van der Waals surface area contributed by atoms with Crippen LogP contribution in [0.25, 0.3) is 0 Å². The van der Waals surface area contributed by atoms with Crippen molar-refractivity contribution in [3.05, 3.63) is 24.3 Å². The van der Waals surface area contributed by atoms with Crippen LogP contribution in [0.3, 0.4) is 0 Å². The van der Waals surface area contributed by atoms with Crippen molar-refractivity contribution < 1.29 is 13.5 Å². The van der Waals surface area contributed by atoms with Gasteiger partial charge in [-0.05, 0) is 50.5 Å². The van der Waals surface area contributed by atoms with E-state index in [0.717, 1.165) is 31.5 Å². The van der Waals surface area contributed by atoms with Crippen LogP contribution in [0.5, 0.6) is 0 Å². The Morgan fingerprint density at radius 3 is 2.40 bits per heavy atom. The molecule has 0 aliphatic carbocycles. The zero-order valence-electron chi connectivity index (χ0n) is 12.1. The number of sulfonamides is 1. The molecule has 6 heteroatoms. The van der Waals surface area contributed by atoms with Gasteiger partial charge in [-0.25, -0.2) is 13.1 Å². The summed E-state index contributed by atoms with van der Waals surface area (Å²) in [4.78, 5) is 0.278. The minimum Gasteiger partial charge on any atom is -0.393 e. The van der Waals surface area contributed by atoms with Gasteiger partial charge in [0, 0.05) is 18.8 Å². The first-order valence-electron chi connectivity index (χ1n) is 6.97. The minimum absolute atomic E-state index is 0.278. The summed E-state index contributed by atoms with van der Waals surface area (Å²) in [5.41, 5.74) is 0.880.